The molecule has 0 atom stereocenters. The van der Waals surface area contributed by atoms with E-state index in [1.807, 2.05) is 6.92 Å². The topological polar surface area (TPSA) is 56.7 Å². The van der Waals surface area contributed by atoms with Gasteiger partial charge in [-0.2, -0.15) is 0 Å². The van der Waals surface area contributed by atoms with Crippen molar-refractivity contribution in [3.63, 3.8) is 0 Å². The van der Waals surface area contributed by atoms with E-state index in [4.69, 9.17) is 5.73 Å². The summed E-state index contributed by atoms with van der Waals surface area (Å²) in [5.41, 5.74) is 7.40. The Hall–Kier alpha value is -1.75. The van der Waals surface area contributed by atoms with Gasteiger partial charge in [0.05, 0.1) is 12.7 Å². The van der Waals surface area contributed by atoms with Crippen molar-refractivity contribution in [3.05, 3.63) is 35.8 Å². The van der Waals surface area contributed by atoms with Gasteiger partial charge in [-0.1, -0.05) is 16.8 Å². The largest absolute Gasteiger partial charge is 0.329 e. The van der Waals surface area contributed by atoms with Gasteiger partial charge in [0, 0.05) is 12.1 Å². The molecule has 0 saturated heterocycles. The molecule has 0 saturated carbocycles. The van der Waals surface area contributed by atoms with E-state index in [0.29, 0.717) is 24.3 Å². The van der Waals surface area contributed by atoms with Crippen LogP contribution in [0, 0.1) is 12.7 Å². The quantitative estimate of drug-likeness (QED) is 0.849. The van der Waals surface area contributed by atoms with Gasteiger partial charge >= 0.3 is 0 Å². The highest BCUT2D eigenvalue weighted by Gasteiger charge is 2.09. The molecule has 1 aromatic heterocycles. The van der Waals surface area contributed by atoms with Crippen molar-refractivity contribution in [1.82, 2.24) is 15.0 Å². The first-order chi connectivity index (χ1) is 7.70. The zero-order chi connectivity index (χ0) is 11.5. The van der Waals surface area contributed by atoms with Crippen LogP contribution in [0.15, 0.2) is 24.4 Å². The van der Waals surface area contributed by atoms with Crippen LogP contribution in [0.3, 0.4) is 0 Å². The normalized spacial score (nSPS) is 10.7. The van der Waals surface area contributed by atoms with E-state index in [2.05, 4.69) is 10.3 Å². The van der Waals surface area contributed by atoms with Gasteiger partial charge < -0.3 is 5.73 Å². The molecular weight excluding hydrogens is 207 g/mol. The lowest BCUT2D eigenvalue weighted by Gasteiger charge is -1.99. The number of nitrogens with two attached hydrogens (primary N) is 1. The molecule has 0 aliphatic heterocycles. The van der Waals surface area contributed by atoms with Crippen molar-refractivity contribution in [2.45, 2.75) is 13.5 Å². The molecule has 0 aliphatic carbocycles. The Morgan fingerprint density at radius 2 is 2.25 bits per heavy atom. The van der Waals surface area contributed by atoms with Crippen LogP contribution in [-0.4, -0.2) is 21.5 Å². The third-order valence-electron chi connectivity index (χ3n) is 2.29. The van der Waals surface area contributed by atoms with Gasteiger partial charge in [0.1, 0.15) is 11.5 Å². The van der Waals surface area contributed by atoms with Gasteiger partial charge in [-0.15, -0.1) is 5.10 Å². The number of hydrogen-bond donors (Lipinski definition) is 1. The first-order valence-corrected chi connectivity index (χ1v) is 5.07. The van der Waals surface area contributed by atoms with Crippen LogP contribution in [-0.2, 0) is 6.54 Å². The van der Waals surface area contributed by atoms with Crippen molar-refractivity contribution in [2.24, 2.45) is 5.73 Å². The summed E-state index contributed by atoms with van der Waals surface area (Å²) < 4.78 is 15.2. The Bertz CT molecular complexity index is 492. The number of aryl methyl sites for hydroxylation is 1. The third-order valence-corrected chi connectivity index (χ3v) is 2.29. The second-order valence-corrected chi connectivity index (χ2v) is 3.64. The molecule has 84 valence electrons. The summed E-state index contributed by atoms with van der Waals surface area (Å²) in [6.45, 7) is 2.98. The lowest BCUT2D eigenvalue weighted by atomic mass is 10.1. The number of benzene rings is 1. The molecule has 2 rings (SSSR count). The molecule has 0 amide bonds. The van der Waals surface area contributed by atoms with Crippen molar-refractivity contribution >= 4 is 0 Å². The number of hydrogen-bond acceptors (Lipinski definition) is 3. The van der Waals surface area contributed by atoms with Gasteiger partial charge in [0.2, 0.25) is 0 Å². The summed E-state index contributed by atoms with van der Waals surface area (Å²) in [5, 5.41) is 7.80. The molecule has 0 fully saturated rings. The summed E-state index contributed by atoms with van der Waals surface area (Å²) in [5.74, 6) is -0.287. The van der Waals surface area contributed by atoms with E-state index < -0.39 is 0 Å². The monoisotopic (exact) mass is 220 g/mol. The lowest BCUT2D eigenvalue weighted by molar-refractivity contribution is 0.598. The Labute approximate surface area is 92.9 Å². The van der Waals surface area contributed by atoms with Gasteiger partial charge in [-0.05, 0) is 19.1 Å². The molecule has 0 unspecified atom stereocenters. The summed E-state index contributed by atoms with van der Waals surface area (Å²) in [6.07, 6.45) is 1.70. The van der Waals surface area contributed by atoms with Crippen LogP contribution in [0.1, 0.15) is 5.56 Å². The van der Waals surface area contributed by atoms with Gasteiger partial charge in [-0.3, -0.25) is 4.68 Å². The maximum Gasteiger partial charge on any atom is 0.132 e. The van der Waals surface area contributed by atoms with E-state index in [1.165, 1.54) is 6.07 Å². The molecule has 0 spiro atoms. The second-order valence-electron chi connectivity index (χ2n) is 3.64. The van der Waals surface area contributed by atoms with Gasteiger partial charge in [0.25, 0.3) is 0 Å². The molecule has 1 heterocycles. The third kappa shape index (κ3) is 2.09. The minimum Gasteiger partial charge on any atom is -0.329 e. The number of aromatic nitrogens is 3. The highest BCUT2D eigenvalue weighted by Crippen LogP contribution is 2.21. The summed E-state index contributed by atoms with van der Waals surface area (Å²) >= 11 is 0. The Morgan fingerprint density at radius 3 is 3.00 bits per heavy atom. The van der Waals surface area contributed by atoms with Crippen molar-refractivity contribution in [2.75, 3.05) is 6.54 Å². The molecule has 2 N–H and O–H groups in total. The maximum absolute atomic E-state index is 13.5. The van der Waals surface area contributed by atoms with E-state index in [9.17, 15) is 4.39 Å². The fourth-order valence-electron chi connectivity index (χ4n) is 1.50. The zero-order valence-corrected chi connectivity index (χ0v) is 9.02. The van der Waals surface area contributed by atoms with Gasteiger partial charge in [0.15, 0.2) is 0 Å². The molecule has 1 aromatic carbocycles. The minimum atomic E-state index is -0.287. The Morgan fingerprint density at radius 1 is 1.44 bits per heavy atom. The predicted octanol–water partition coefficient (Wildman–Crippen LogP) is 1.35. The van der Waals surface area contributed by atoms with Crippen LogP contribution < -0.4 is 5.73 Å². The molecule has 4 nitrogen and oxygen atoms in total. The van der Waals surface area contributed by atoms with Crippen LogP contribution in [0.2, 0.25) is 0 Å². The average Bonchev–Trinajstić information content (AvgIpc) is 2.71. The molecule has 0 aliphatic rings. The van der Waals surface area contributed by atoms with E-state index in [-0.39, 0.29) is 5.82 Å². The van der Waals surface area contributed by atoms with Crippen molar-refractivity contribution < 1.29 is 4.39 Å². The Kier molecular flexibility index (Phi) is 2.96. The fraction of sp³-hybridized carbons (Fsp3) is 0.273. The molecular formula is C11H13FN4. The number of nitrogens with zero attached hydrogens (tertiary/aromatic N) is 3. The fourth-order valence-corrected chi connectivity index (χ4v) is 1.50. The van der Waals surface area contributed by atoms with Crippen molar-refractivity contribution in [1.29, 1.82) is 0 Å². The van der Waals surface area contributed by atoms with E-state index in [0.717, 1.165) is 5.56 Å². The summed E-state index contributed by atoms with van der Waals surface area (Å²) in [6, 6.07) is 4.92. The second kappa shape index (κ2) is 4.40. The zero-order valence-electron chi connectivity index (χ0n) is 9.02. The molecule has 2 aromatic rings. The molecule has 5 heteroatoms. The SMILES string of the molecule is Cc1ccc(F)c(-c2cn(CCN)nn2)c1. The Balaban J connectivity index is 2.38. The van der Waals surface area contributed by atoms with Crippen molar-refractivity contribution in [3.8, 4) is 11.3 Å². The van der Waals surface area contributed by atoms with Crippen LogP contribution in [0.25, 0.3) is 11.3 Å². The lowest BCUT2D eigenvalue weighted by Crippen LogP contribution is -2.10. The highest BCUT2D eigenvalue weighted by atomic mass is 19.1. The molecule has 16 heavy (non-hydrogen) atoms. The van der Waals surface area contributed by atoms with Crippen LogP contribution in [0.5, 0.6) is 0 Å². The average molecular weight is 220 g/mol. The summed E-state index contributed by atoms with van der Waals surface area (Å²) in [7, 11) is 0. The standard InChI is InChI=1S/C11H13FN4/c1-8-2-3-10(12)9(6-8)11-7-16(5-4-13)15-14-11/h2-3,6-7H,4-5,13H2,1H3. The first-order valence-electron chi connectivity index (χ1n) is 5.07. The van der Waals surface area contributed by atoms with E-state index in [1.54, 1.807) is 23.0 Å². The van der Waals surface area contributed by atoms with Crippen LogP contribution >= 0.6 is 0 Å². The van der Waals surface area contributed by atoms with E-state index >= 15 is 0 Å². The van der Waals surface area contributed by atoms with Gasteiger partial charge in [-0.25, -0.2) is 4.39 Å². The smallest absolute Gasteiger partial charge is 0.132 e. The highest BCUT2D eigenvalue weighted by molar-refractivity contribution is 5.59. The number of halogens is 1. The summed E-state index contributed by atoms with van der Waals surface area (Å²) in [4.78, 5) is 0. The predicted molar refractivity (Wildman–Crippen MR) is 59.2 cm³/mol. The molecule has 0 radical (unpaired) electrons. The van der Waals surface area contributed by atoms with Crippen LogP contribution in [0.4, 0.5) is 4.39 Å². The number of rotatable bonds is 3. The minimum absolute atomic E-state index is 0.287. The molecule has 0 bridgehead atoms. The first kappa shape index (κ1) is 10.8. The maximum atomic E-state index is 13.5.